The first kappa shape index (κ1) is 20.1. The van der Waals surface area contributed by atoms with Gasteiger partial charge in [0.05, 0.1) is 17.7 Å². The Labute approximate surface area is 193 Å². The van der Waals surface area contributed by atoms with Crippen LogP contribution in [0.3, 0.4) is 0 Å². The number of rotatable bonds is 4. The minimum Gasteiger partial charge on any atom is -0.295 e. The number of nitrogens with zero attached hydrogens (tertiary/aromatic N) is 5. The van der Waals surface area contributed by atoms with Gasteiger partial charge in [-0.1, -0.05) is 65.4 Å². The van der Waals surface area contributed by atoms with Crippen molar-refractivity contribution in [2.45, 2.75) is 51.0 Å². The van der Waals surface area contributed by atoms with Gasteiger partial charge in [0.2, 0.25) is 5.91 Å². The van der Waals surface area contributed by atoms with Gasteiger partial charge < -0.3 is 0 Å². The van der Waals surface area contributed by atoms with E-state index in [1.165, 1.54) is 11.1 Å². The van der Waals surface area contributed by atoms with Gasteiger partial charge >= 0.3 is 0 Å². The molecule has 4 aromatic rings. The third-order valence-electron chi connectivity index (χ3n) is 7.04. The summed E-state index contributed by atoms with van der Waals surface area (Å²) in [6.07, 6.45) is 3.62. The van der Waals surface area contributed by atoms with Gasteiger partial charge in [0.1, 0.15) is 11.7 Å². The average Bonchev–Trinajstić information content (AvgIpc) is 3.40. The molecule has 3 heterocycles. The number of benzene rings is 3. The van der Waals surface area contributed by atoms with E-state index in [0.29, 0.717) is 6.42 Å². The summed E-state index contributed by atoms with van der Waals surface area (Å²) in [6.45, 7) is 2.08. The van der Waals surface area contributed by atoms with Gasteiger partial charge in [-0.25, -0.2) is 9.58 Å². The van der Waals surface area contributed by atoms with E-state index in [0.717, 1.165) is 36.0 Å². The van der Waals surface area contributed by atoms with Gasteiger partial charge in [0, 0.05) is 5.69 Å². The van der Waals surface area contributed by atoms with Crippen molar-refractivity contribution >= 4 is 22.6 Å². The van der Waals surface area contributed by atoms with Crippen LogP contribution in [0.2, 0.25) is 0 Å². The molecule has 1 aromatic heterocycles. The molecule has 3 aromatic carbocycles. The number of hydrogen-bond acceptors (Lipinski definition) is 4. The van der Waals surface area contributed by atoms with Gasteiger partial charge in [0.15, 0.2) is 0 Å². The van der Waals surface area contributed by atoms with E-state index in [1.54, 1.807) is 0 Å². The lowest BCUT2D eigenvalue weighted by Gasteiger charge is -2.41. The van der Waals surface area contributed by atoms with Crippen LogP contribution >= 0.6 is 0 Å². The highest BCUT2D eigenvalue weighted by molar-refractivity contribution is 6.00. The van der Waals surface area contributed by atoms with Crippen molar-refractivity contribution in [3.8, 4) is 0 Å². The molecule has 2 fully saturated rings. The Morgan fingerprint density at radius 2 is 1.61 bits per heavy atom. The smallest absolute Gasteiger partial charge is 0.246 e. The lowest BCUT2D eigenvalue weighted by Crippen LogP contribution is -2.48. The number of anilines is 1. The molecule has 2 aliphatic heterocycles. The quantitative estimate of drug-likeness (QED) is 0.464. The van der Waals surface area contributed by atoms with Crippen LogP contribution in [0.1, 0.15) is 36.6 Å². The molecule has 166 valence electrons. The molecule has 6 heteroatoms. The number of para-hydroxylation sites is 1. The Morgan fingerprint density at radius 1 is 0.879 bits per heavy atom. The summed E-state index contributed by atoms with van der Waals surface area (Å²) >= 11 is 0. The predicted molar refractivity (Wildman–Crippen MR) is 129 cm³/mol. The summed E-state index contributed by atoms with van der Waals surface area (Å²) in [4.78, 5) is 18.4. The van der Waals surface area contributed by atoms with E-state index in [9.17, 15) is 4.79 Å². The minimum absolute atomic E-state index is 0.00984. The monoisotopic (exact) mass is 437 g/mol. The molecule has 2 aliphatic rings. The number of carbonyl (C=O) groups is 1. The fourth-order valence-electron chi connectivity index (χ4n) is 5.48. The van der Waals surface area contributed by atoms with Crippen LogP contribution in [0.15, 0.2) is 78.9 Å². The molecular formula is C27H27N5O. The summed E-state index contributed by atoms with van der Waals surface area (Å²) in [5.74, 6) is 0.170. The zero-order valence-electron chi connectivity index (χ0n) is 18.7. The largest absolute Gasteiger partial charge is 0.295 e. The number of amides is 1. The van der Waals surface area contributed by atoms with E-state index < -0.39 is 0 Å². The molecule has 1 amide bonds. The van der Waals surface area contributed by atoms with E-state index >= 15 is 0 Å². The van der Waals surface area contributed by atoms with Crippen molar-refractivity contribution in [3.05, 3.63) is 90.0 Å². The first-order valence-electron chi connectivity index (χ1n) is 11.7. The fourth-order valence-corrected chi connectivity index (χ4v) is 5.48. The zero-order valence-corrected chi connectivity index (χ0v) is 18.7. The fraction of sp³-hybridized carbons (Fsp3) is 0.296. The highest BCUT2D eigenvalue weighted by atomic mass is 16.2. The summed E-state index contributed by atoms with van der Waals surface area (Å²) in [5.41, 5.74) is 5.25. The summed E-state index contributed by atoms with van der Waals surface area (Å²) in [7, 11) is 0. The molecular weight excluding hydrogens is 410 g/mol. The molecule has 0 saturated carbocycles. The second-order valence-corrected chi connectivity index (χ2v) is 9.11. The van der Waals surface area contributed by atoms with Crippen molar-refractivity contribution in [1.29, 1.82) is 0 Å². The number of aromatic nitrogens is 3. The molecule has 33 heavy (non-hydrogen) atoms. The Kier molecular flexibility index (Phi) is 4.95. The normalized spacial score (nSPS) is 23.2. The van der Waals surface area contributed by atoms with Crippen LogP contribution in [0.25, 0.3) is 11.0 Å². The predicted octanol–water partition coefficient (Wildman–Crippen LogP) is 4.71. The van der Waals surface area contributed by atoms with Crippen LogP contribution in [0.5, 0.6) is 0 Å². The van der Waals surface area contributed by atoms with Gasteiger partial charge in [-0.05, 0) is 62.4 Å². The molecule has 2 saturated heterocycles. The molecule has 3 atom stereocenters. The van der Waals surface area contributed by atoms with Gasteiger partial charge in [-0.15, -0.1) is 5.10 Å². The molecule has 6 nitrogen and oxygen atoms in total. The zero-order chi connectivity index (χ0) is 22.4. The third-order valence-corrected chi connectivity index (χ3v) is 7.04. The highest BCUT2D eigenvalue weighted by Gasteiger charge is 2.51. The second-order valence-electron chi connectivity index (χ2n) is 9.11. The lowest BCUT2D eigenvalue weighted by atomic mass is 10.0. The molecule has 0 bridgehead atoms. The molecule has 0 radical (unpaired) electrons. The highest BCUT2D eigenvalue weighted by Crippen LogP contribution is 2.42. The van der Waals surface area contributed by atoms with Crippen molar-refractivity contribution in [1.82, 2.24) is 19.9 Å². The Morgan fingerprint density at radius 3 is 2.42 bits per heavy atom. The van der Waals surface area contributed by atoms with Crippen molar-refractivity contribution in [2.75, 3.05) is 4.90 Å². The lowest BCUT2D eigenvalue weighted by molar-refractivity contribution is -0.120. The Balaban J connectivity index is 1.45. The molecule has 0 N–H and O–H groups in total. The summed E-state index contributed by atoms with van der Waals surface area (Å²) in [5, 5.41) is 8.96. The number of carbonyl (C=O) groups excluding carboxylic acids is 1. The average molecular weight is 438 g/mol. The molecule has 6 rings (SSSR count). The topological polar surface area (TPSA) is 54.3 Å². The maximum atomic E-state index is 14.0. The maximum absolute atomic E-state index is 14.0. The molecule has 0 aliphatic carbocycles. The maximum Gasteiger partial charge on any atom is 0.246 e. The van der Waals surface area contributed by atoms with Crippen LogP contribution < -0.4 is 4.90 Å². The number of hydrogen-bond donors (Lipinski definition) is 0. The number of piperidine rings is 1. The van der Waals surface area contributed by atoms with Crippen molar-refractivity contribution in [3.63, 3.8) is 0 Å². The van der Waals surface area contributed by atoms with E-state index in [4.69, 9.17) is 0 Å². The van der Waals surface area contributed by atoms with Crippen molar-refractivity contribution < 1.29 is 4.79 Å². The number of aryl methyl sites for hydroxylation is 1. The summed E-state index contributed by atoms with van der Waals surface area (Å²) in [6, 6.07) is 26.5. The van der Waals surface area contributed by atoms with E-state index in [1.807, 2.05) is 46.0 Å². The first-order valence-corrected chi connectivity index (χ1v) is 11.7. The van der Waals surface area contributed by atoms with Crippen LogP contribution in [-0.4, -0.2) is 38.0 Å². The SMILES string of the molecule is Cc1ccc(N2C(=O)[C@H](Cc3ccccc3)N3C2CCCC3n2nnc3ccccc32)cc1. The Hall–Kier alpha value is -3.51. The molecule has 2 unspecified atom stereocenters. The summed E-state index contributed by atoms with van der Waals surface area (Å²) < 4.78 is 2.03. The minimum atomic E-state index is -0.244. The van der Waals surface area contributed by atoms with Crippen LogP contribution in [0.4, 0.5) is 5.69 Å². The van der Waals surface area contributed by atoms with E-state index in [-0.39, 0.29) is 24.3 Å². The van der Waals surface area contributed by atoms with Crippen LogP contribution in [0, 0.1) is 6.92 Å². The van der Waals surface area contributed by atoms with Gasteiger partial charge in [-0.3, -0.25) is 9.69 Å². The standard InChI is InChI=1S/C27H27N5O/c1-19-14-16-21(17-15-19)30-25-12-7-13-26(32-23-11-6-5-10-22(23)28-29-32)31(25)24(27(30)33)18-20-8-3-2-4-9-20/h2-6,8-11,14-17,24-26H,7,12-13,18H2,1H3/t24-,25?,26?/m0/s1. The first-order chi connectivity index (χ1) is 16.2. The number of fused-ring (bicyclic) bond motifs is 2. The third kappa shape index (κ3) is 3.42. The van der Waals surface area contributed by atoms with E-state index in [2.05, 4.69) is 64.6 Å². The second kappa shape index (κ2) is 8.12. The van der Waals surface area contributed by atoms with Gasteiger partial charge in [-0.2, -0.15) is 0 Å². The van der Waals surface area contributed by atoms with Gasteiger partial charge in [0.25, 0.3) is 0 Å². The molecule has 0 spiro atoms. The Bertz CT molecular complexity index is 1280. The van der Waals surface area contributed by atoms with Crippen LogP contribution in [-0.2, 0) is 11.2 Å². The van der Waals surface area contributed by atoms with Crippen molar-refractivity contribution in [2.24, 2.45) is 0 Å².